The first-order chi connectivity index (χ1) is 8.22. The van der Waals surface area contributed by atoms with E-state index in [4.69, 9.17) is 0 Å². The molecule has 0 atom stereocenters. The monoisotopic (exact) mass is 230 g/mol. The molecule has 0 aliphatic carbocycles. The minimum absolute atomic E-state index is 0.0143. The van der Waals surface area contributed by atoms with Gasteiger partial charge >= 0.3 is 0 Å². The van der Waals surface area contributed by atoms with Gasteiger partial charge in [-0.05, 0) is 6.92 Å². The van der Waals surface area contributed by atoms with Crippen LogP contribution in [-0.2, 0) is 9.59 Å². The molecule has 0 radical (unpaired) electrons. The Morgan fingerprint density at radius 2 is 1.50 bits per heavy atom. The second kappa shape index (κ2) is 8.32. The summed E-state index contributed by atoms with van der Waals surface area (Å²) in [7, 11) is 14.0. The van der Waals surface area contributed by atoms with E-state index in [2.05, 4.69) is 46.4 Å². The molecule has 0 N–H and O–H groups in total. The lowest BCUT2D eigenvalue weighted by Crippen LogP contribution is -2.71. The fourth-order valence-corrected chi connectivity index (χ4v) is 3.13. The molecule has 0 bridgehead atoms. The smallest absolute Gasteiger partial charge is 0.136 e. The Labute approximate surface area is 120 Å². The molecule has 0 aromatic rings. The lowest BCUT2D eigenvalue weighted by Gasteiger charge is -2.29. The van der Waals surface area contributed by atoms with E-state index in [0.717, 1.165) is 7.06 Å². The summed E-state index contributed by atoms with van der Waals surface area (Å²) in [6.07, 6.45) is 1.77. The highest BCUT2D eigenvalue weighted by Crippen LogP contribution is 2.02. The number of Topliss-reactive ketones (excluding diaryl/α,β-unsaturated/α-hetero) is 1. The molecule has 0 aromatic heterocycles. The molecule has 0 aromatic carbocycles. The average molecular weight is 228 g/mol. The highest BCUT2D eigenvalue weighted by molar-refractivity contribution is 8.05. The second-order valence-corrected chi connectivity index (χ2v) is 6.32. The Kier molecular flexibility index (Phi) is 8.38. The van der Waals surface area contributed by atoms with E-state index in [1.165, 1.54) is 6.92 Å². The van der Waals surface area contributed by atoms with Crippen LogP contribution in [0.1, 0.15) is 13.3 Å². The molecule has 0 amide bonds. The third-order valence-corrected chi connectivity index (χ3v) is 4.01. The highest BCUT2D eigenvalue weighted by atomic mass is 16.1. The quantitative estimate of drug-likeness (QED) is 0.305. The maximum atomic E-state index is 12.4. The van der Waals surface area contributed by atoms with Crippen molar-refractivity contribution in [1.29, 1.82) is 0 Å². The van der Waals surface area contributed by atoms with Crippen molar-refractivity contribution in [2.75, 3.05) is 0 Å². The molecule has 0 aliphatic rings. The molecule has 0 saturated heterocycles. The fourth-order valence-electron chi connectivity index (χ4n) is 3.13. The SMILES string of the molecule is BBB(B)B(B(B(B)B)B(B)B)C(=O)CC(C)=O. The summed E-state index contributed by atoms with van der Waals surface area (Å²) in [6, 6.07) is 0. The van der Waals surface area contributed by atoms with Crippen LogP contribution in [0.2, 0.25) is 0 Å². The van der Waals surface area contributed by atoms with Gasteiger partial charge in [0, 0.05) is 32.6 Å². The predicted octanol–water partition coefficient (Wildman–Crippen LogP) is -8.01. The van der Waals surface area contributed by atoms with Crippen LogP contribution in [0.25, 0.3) is 0 Å². The molecule has 14 heteroatoms. The standard InChI is InChI=1S/C4H18B12O2/c1-3(17)2-4(18)12(15(10)11-5)16(13(6)7)14(8)9/h11H,2,5-10H2,1H3. The van der Waals surface area contributed by atoms with E-state index in [1.807, 2.05) is 0 Å². The Balaban J connectivity index is 5.18. The van der Waals surface area contributed by atoms with Gasteiger partial charge in [-0.3, -0.25) is 4.79 Å². The minimum atomic E-state index is -0.0143. The lowest BCUT2D eigenvalue weighted by atomic mass is 8.54. The molecule has 2 nitrogen and oxygen atoms in total. The zero-order valence-corrected chi connectivity index (χ0v) is 13.1. The van der Waals surface area contributed by atoms with Crippen LogP contribution in [0.3, 0.4) is 0 Å². The van der Waals surface area contributed by atoms with Gasteiger partial charge in [0.2, 0.25) is 0 Å². The van der Waals surface area contributed by atoms with Gasteiger partial charge in [0.15, 0.2) is 0 Å². The number of hydrogen-bond acceptors (Lipinski definition) is 2. The van der Waals surface area contributed by atoms with Crippen LogP contribution in [0, 0.1) is 0 Å². The lowest BCUT2D eigenvalue weighted by molar-refractivity contribution is -0.122. The average Bonchev–Trinajstić information content (AvgIpc) is 2.22. The zero-order chi connectivity index (χ0) is 14.5. The van der Waals surface area contributed by atoms with Crippen LogP contribution >= 0.6 is 0 Å². The van der Waals surface area contributed by atoms with Gasteiger partial charge in [0.25, 0.3) is 0 Å². The number of ketones is 1. The molecule has 0 fully saturated rings. The Morgan fingerprint density at radius 1 is 1.06 bits per heavy atom. The van der Waals surface area contributed by atoms with Gasteiger partial charge in [-0.25, -0.2) is 0 Å². The van der Waals surface area contributed by atoms with Crippen LogP contribution in [0.15, 0.2) is 0 Å². The van der Waals surface area contributed by atoms with E-state index in [0.29, 0.717) is 25.5 Å². The van der Waals surface area contributed by atoms with Crippen LogP contribution in [0.5, 0.6) is 0 Å². The van der Waals surface area contributed by atoms with E-state index >= 15 is 0 Å². The molecule has 0 saturated carbocycles. The van der Waals surface area contributed by atoms with Gasteiger partial charge in [0.1, 0.15) is 12.3 Å². The van der Waals surface area contributed by atoms with Crippen molar-refractivity contribution >= 4 is 97.0 Å². The molecule has 0 rings (SSSR count). The van der Waals surface area contributed by atoms with Crippen molar-refractivity contribution in [2.45, 2.75) is 13.3 Å². The molecule has 0 heterocycles. The maximum absolute atomic E-state index is 12.4. The molecular weight excluding hydrogens is 210 g/mol. The molecule has 0 spiro atoms. The van der Waals surface area contributed by atoms with Gasteiger partial charge in [-0.15, -0.1) is 0 Å². The molecule has 18 heavy (non-hydrogen) atoms. The molecule has 0 unspecified atom stereocenters. The highest BCUT2D eigenvalue weighted by Gasteiger charge is 2.41. The molecular formula is C4H18B12O2. The first kappa shape index (κ1) is 18.1. The van der Waals surface area contributed by atoms with E-state index in [1.54, 1.807) is 0 Å². The number of carbonyl (C=O) groups is 2. The van der Waals surface area contributed by atoms with E-state index in [-0.39, 0.29) is 24.4 Å². The van der Waals surface area contributed by atoms with Crippen molar-refractivity contribution in [3.05, 3.63) is 0 Å². The normalized spacial score (nSPS) is 9.17. The van der Waals surface area contributed by atoms with Crippen LogP contribution in [0.4, 0.5) is 0 Å². The predicted molar refractivity (Wildman–Crippen MR) is 107 cm³/mol. The topological polar surface area (TPSA) is 34.1 Å². The van der Waals surface area contributed by atoms with Gasteiger partial charge in [0.05, 0.1) is 58.5 Å². The van der Waals surface area contributed by atoms with Crippen molar-refractivity contribution in [2.24, 2.45) is 0 Å². The summed E-state index contributed by atoms with van der Waals surface area (Å²) >= 11 is 0. The maximum Gasteiger partial charge on any atom is 0.136 e. The Morgan fingerprint density at radius 3 is 1.78 bits per heavy atom. The summed E-state index contributed by atoms with van der Waals surface area (Å²) in [5, 5.41) is 0. The largest absolute Gasteiger partial charge is 0.312 e. The summed E-state index contributed by atoms with van der Waals surface area (Å²) in [5.74, 6) is -0.0143. The second-order valence-electron chi connectivity index (χ2n) is 6.32. The van der Waals surface area contributed by atoms with Gasteiger partial charge in [-0.1, -0.05) is 0 Å². The fraction of sp³-hybridized carbons (Fsp3) is 0.500. The zero-order valence-electron chi connectivity index (χ0n) is 13.1. The van der Waals surface area contributed by atoms with Crippen molar-refractivity contribution in [1.82, 2.24) is 0 Å². The van der Waals surface area contributed by atoms with E-state index in [9.17, 15) is 9.59 Å². The Bertz CT molecular complexity index is 284. The number of rotatable bonds is 8. The summed E-state index contributed by atoms with van der Waals surface area (Å²) in [4.78, 5) is 23.6. The third kappa shape index (κ3) is 5.40. The van der Waals surface area contributed by atoms with Crippen molar-refractivity contribution < 1.29 is 9.59 Å². The molecule has 82 valence electrons. The molecule has 0 aliphatic heterocycles. The van der Waals surface area contributed by atoms with Crippen molar-refractivity contribution in [3.8, 4) is 0 Å². The van der Waals surface area contributed by atoms with Gasteiger partial charge < -0.3 is 4.79 Å². The van der Waals surface area contributed by atoms with Crippen LogP contribution in [-0.4, -0.2) is 97.0 Å². The van der Waals surface area contributed by atoms with E-state index < -0.39 is 0 Å². The minimum Gasteiger partial charge on any atom is -0.312 e. The van der Waals surface area contributed by atoms with Crippen molar-refractivity contribution in [3.63, 3.8) is 0 Å². The summed E-state index contributed by atoms with van der Waals surface area (Å²) < 4.78 is 0. The number of carbonyl (C=O) groups excluding carboxylic acids is 2. The summed E-state index contributed by atoms with van der Waals surface area (Å²) in [5.41, 5.74) is 0.143. The Hall–Kier alpha value is 0.119. The van der Waals surface area contributed by atoms with Crippen LogP contribution < -0.4 is 0 Å². The first-order valence-electron chi connectivity index (χ1n) is 7.24. The third-order valence-electron chi connectivity index (χ3n) is 4.01. The first-order valence-corrected chi connectivity index (χ1v) is 7.24. The van der Waals surface area contributed by atoms with Gasteiger partial charge in [-0.2, -0.15) is 0 Å². The summed E-state index contributed by atoms with van der Waals surface area (Å²) in [6.45, 7) is 1.53. The number of hydrogen-bond donors (Lipinski definition) is 0.